The molecule has 0 fully saturated rings. The van der Waals surface area contributed by atoms with Gasteiger partial charge in [-0.3, -0.25) is 14.9 Å². The fourth-order valence-corrected chi connectivity index (χ4v) is 1.44. The molecule has 0 saturated heterocycles. The zero-order chi connectivity index (χ0) is 12.1. The lowest BCUT2D eigenvalue weighted by Crippen LogP contribution is -2.12. The number of benzene rings is 1. The van der Waals surface area contributed by atoms with Crippen LogP contribution < -0.4 is 5.32 Å². The Labute approximate surface area is 99.6 Å². The smallest absolute Gasteiger partial charge is 0.296 e. The fraction of sp³-hybridized carbons (Fsp3) is 0.222. The Morgan fingerprint density at radius 3 is 2.81 bits per heavy atom. The number of phenolic OH excluding ortho intramolecular Hbond substituents is 1. The molecule has 0 aliphatic carbocycles. The Balaban J connectivity index is 2.95. The minimum absolute atomic E-state index is 0.0775. The van der Waals surface area contributed by atoms with E-state index in [0.29, 0.717) is 5.33 Å². The van der Waals surface area contributed by atoms with Crippen LogP contribution in [-0.4, -0.2) is 21.3 Å². The van der Waals surface area contributed by atoms with Crippen LogP contribution in [0.3, 0.4) is 0 Å². The average Bonchev–Trinajstić information content (AvgIpc) is 2.20. The third-order valence-electron chi connectivity index (χ3n) is 1.77. The molecule has 0 spiro atoms. The number of carbonyl (C=O) groups excluding carboxylic acids is 1. The summed E-state index contributed by atoms with van der Waals surface area (Å²) in [7, 11) is 0. The van der Waals surface area contributed by atoms with E-state index in [1.54, 1.807) is 0 Å². The molecule has 2 N–H and O–H groups in total. The van der Waals surface area contributed by atoms with Crippen LogP contribution in [0.2, 0.25) is 0 Å². The van der Waals surface area contributed by atoms with Gasteiger partial charge in [-0.05, 0) is 12.1 Å². The number of aromatic hydroxyl groups is 1. The van der Waals surface area contributed by atoms with Crippen molar-refractivity contribution >= 4 is 33.2 Å². The number of halogens is 1. The molecule has 6 nitrogen and oxygen atoms in total. The molecule has 0 bridgehead atoms. The van der Waals surface area contributed by atoms with Crippen molar-refractivity contribution in [2.45, 2.75) is 6.42 Å². The van der Waals surface area contributed by atoms with Gasteiger partial charge >= 0.3 is 0 Å². The topological polar surface area (TPSA) is 92.5 Å². The van der Waals surface area contributed by atoms with Gasteiger partial charge in [0, 0.05) is 11.8 Å². The lowest BCUT2D eigenvalue weighted by atomic mass is 10.2. The maximum atomic E-state index is 11.2. The van der Waals surface area contributed by atoms with E-state index in [9.17, 15) is 14.9 Å². The second-order valence-corrected chi connectivity index (χ2v) is 3.74. The molecular weight excluding hydrogens is 280 g/mol. The number of hydrogen-bond acceptors (Lipinski definition) is 4. The van der Waals surface area contributed by atoms with Gasteiger partial charge < -0.3 is 10.4 Å². The first-order valence-corrected chi connectivity index (χ1v) is 5.50. The predicted molar refractivity (Wildman–Crippen MR) is 61.8 cm³/mol. The molecule has 16 heavy (non-hydrogen) atoms. The molecule has 86 valence electrons. The van der Waals surface area contributed by atoms with Crippen molar-refractivity contribution in [2.24, 2.45) is 0 Å². The SMILES string of the molecule is O=C(CCBr)Nc1ccc(O)cc1[N+](=O)[O-]. The Morgan fingerprint density at radius 2 is 2.25 bits per heavy atom. The molecule has 0 atom stereocenters. The van der Waals surface area contributed by atoms with Crippen molar-refractivity contribution in [2.75, 3.05) is 10.6 Å². The summed E-state index contributed by atoms with van der Waals surface area (Å²) in [5.41, 5.74) is -0.253. The number of amides is 1. The average molecular weight is 289 g/mol. The van der Waals surface area contributed by atoms with Gasteiger partial charge in [-0.1, -0.05) is 15.9 Å². The van der Waals surface area contributed by atoms with Crippen LogP contribution in [-0.2, 0) is 4.79 Å². The lowest BCUT2D eigenvalue weighted by molar-refractivity contribution is -0.384. The number of nitrogens with zero attached hydrogens (tertiary/aromatic N) is 1. The van der Waals surface area contributed by atoms with Gasteiger partial charge in [0.1, 0.15) is 11.4 Å². The zero-order valence-corrected chi connectivity index (χ0v) is 9.73. The molecule has 0 saturated carbocycles. The van der Waals surface area contributed by atoms with Gasteiger partial charge in [0.2, 0.25) is 5.91 Å². The third-order valence-corrected chi connectivity index (χ3v) is 2.17. The maximum absolute atomic E-state index is 11.2. The van der Waals surface area contributed by atoms with Crippen LogP contribution in [0.25, 0.3) is 0 Å². The molecule has 0 aromatic heterocycles. The van der Waals surface area contributed by atoms with Crippen molar-refractivity contribution < 1.29 is 14.8 Å². The van der Waals surface area contributed by atoms with Crippen LogP contribution in [0.5, 0.6) is 5.75 Å². The van der Waals surface area contributed by atoms with Crippen molar-refractivity contribution in [1.82, 2.24) is 0 Å². The molecule has 7 heteroatoms. The largest absolute Gasteiger partial charge is 0.508 e. The Morgan fingerprint density at radius 1 is 1.56 bits per heavy atom. The standard InChI is InChI=1S/C9H9BrN2O4/c10-4-3-9(14)11-7-2-1-6(13)5-8(7)12(15)16/h1-2,5,13H,3-4H2,(H,11,14). The fourth-order valence-electron chi connectivity index (χ4n) is 1.08. The van der Waals surface area contributed by atoms with E-state index in [1.165, 1.54) is 12.1 Å². The van der Waals surface area contributed by atoms with E-state index in [2.05, 4.69) is 21.2 Å². The number of rotatable bonds is 4. The number of alkyl halides is 1. The maximum Gasteiger partial charge on any atom is 0.296 e. The Hall–Kier alpha value is -1.63. The van der Waals surface area contributed by atoms with Crippen LogP contribution >= 0.6 is 15.9 Å². The minimum atomic E-state index is -0.663. The highest BCUT2D eigenvalue weighted by Crippen LogP contribution is 2.28. The molecule has 0 unspecified atom stereocenters. The van der Waals surface area contributed by atoms with E-state index in [4.69, 9.17) is 5.11 Å². The minimum Gasteiger partial charge on any atom is -0.508 e. The Kier molecular flexibility index (Phi) is 4.24. The molecule has 1 aromatic rings. The second-order valence-electron chi connectivity index (χ2n) is 2.95. The normalized spacial score (nSPS) is 9.81. The Bertz CT molecular complexity index is 422. The monoisotopic (exact) mass is 288 g/mol. The van der Waals surface area contributed by atoms with Crippen LogP contribution in [0, 0.1) is 10.1 Å². The number of nitro groups is 1. The predicted octanol–water partition coefficient (Wildman–Crippen LogP) is 2.02. The van der Waals surface area contributed by atoms with Gasteiger partial charge in [-0.25, -0.2) is 0 Å². The van der Waals surface area contributed by atoms with Crippen LogP contribution in [0.1, 0.15) is 6.42 Å². The van der Waals surface area contributed by atoms with Crippen molar-refractivity contribution in [3.8, 4) is 5.75 Å². The summed E-state index contributed by atoms with van der Waals surface area (Å²) < 4.78 is 0. The molecule has 1 aromatic carbocycles. The first kappa shape index (κ1) is 12.4. The van der Waals surface area contributed by atoms with Gasteiger partial charge in [-0.2, -0.15) is 0 Å². The van der Waals surface area contributed by atoms with E-state index in [0.717, 1.165) is 6.07 Å². The molecule has 0 heterocycles. The quantitative estimate of drug-likeness (QED) is 0.384. The highest BCUT2D eigenvalue weighted by molar-refractivity contribution is 9.09. The highest BCUT2D eigenvalue weighted by atomic mass is 79.9. The lowest BCUT2D eigenvalue weighted by Gasteiger charge is -2.05. The molecule has 0 radical (unpaired) electrons. The summed E-state index contributed by atoms with van der Waals surface area (Å²) in [6, 6.07) is 3.56. The van der Waals surface area contributed by atoms with Gasteiger partial charge in [-0.15, -0.1) is 0 Å². The van der Waals surface area contributed by atoms with Gasteiger partial charge in [0.15, 0.2) is 0 Å². The molecular formula is C9H9BrN2O4. The molecule has 0 aliphatic heterocycles. The molecule has 1 amide bonds. The molecule has 0 aliphatic rings. The second kappa shape index (κ2) is 5.45. The summed E-state index contributed by atoms with van der Waals surface area (Å²) in [5, 5.41) is 22.6. The number of anilines is 1. The van der Waals surface area contributed by atoms with E-state index in [1.807, 2.05) is 0 Å². The summed E-state index contributed by atoms with van der Waals surface area (Å²) in [6.07, 6.45) is 0.220. The number of nitrogens with one attached hydrogen (secondary N) is 1. The van der Waals surface area contributed by atoms with Gasteiger partial charge in [0.05, 0.1) is 11.0 Å². The summed E-state index contributed by atoms with van der Waals surface area (Å²) >= 11 is 3.09. The number of hydrogen-bond donors (Lipinski definition) is 2. The van der Waals surface area contributed by atoms with Crippen LogP contribution in [0.4, 0.5) is 11.4 Å². The number of phenols is 1. The molecule has 1 rings (SSSR count). The van der Waals surface area contributed by atoms with E-state index in [-0.39, 0.29) is 29.5 Å². The highest BCUT2D eigenvalue weighted by Gasteiger charge is 2.16. The zero-order valence-electron chi connectivity index (χ0n) is 8.14. The van der Waals surface area contributed by atoms with E-state index >= 15 is 0 Å². The summed E-state index contributed by atoms with van der Waals surface area (Å²) in [6.45, 7) is 0. The summed E-state index contributed by atoms with van der Waals surface area (Å²) in [5.74, 6) is -0.546. The number of nitro benzene ring substituents is 1. The first-order chi connectivity index (χ1) is 7.54. The van der Waals surface area contributed by atoms with Crippen molar-refractivity contribution in [3.05, 3.63) is 28.3 Å². The van der Waals surface area contributed by atoms with E-state index < -0.39 is 4.92 Å². The summed E-state index contributed by atoms with van der Waals surface area (Å²) in [4.78, 5) is 21.2. The first-order valence-electron chi connectivity index (χ1n) is 4.38. The third kappa shape index (κ3) is 3.20. The van der Waals surface area contributed by atoms with Crippen molar-refractivity contribution in [3.63, 3.8) is 0 Å². The number of carbonyl (C=O) groups is 1. The van der Waals surface area contributed by atoms with Gasteiger partial charge in [0.25, 0.3) is 5.69 Å². The van der Waals surface area contributed by atoms with Crippen LogP contribution in [0.15, 0.2) is 18.2 Å². The van der Waals surface area contributed by atoms with Crippen molar-refractivity contribution in [1.29, 1.82) is 0 Å².